The highest BCUT2D eigenvalue weighted by atomic mass is 32.1. The van der Waals surface area contributed by atoms with Gasteiger partial charge in [-0.1, -0.05) is 78.0 Å². The number of benzene rings is 2. The molecule has 0 bridgehead atoms. The van der Waals surface area contributed by atoms with Gasteiger partial charge in [-0.15, -0.1) is 0 Å². The average molecular weight is 452 g/mol. The van der Waals surface area contributed by atoms with Gasteiger partial charge in [-0.25, -0.2) is 4.79 Å². The number of nitrogens with zero attached hydrogens (tertiary/aromatic N) is 1. The topological polar surface area (TPSA) is 29.5 Å². The van der Waals surface area contributed by atoms with E-state index in [-0.39, 0.29) is 12.0 Å². The number of ether oxygens (including phenoxy) is 1. The summed E-state index contributed by atoms with van der Waals surface area (Å²) in [6.07, 6.45) is 2.18. The van der Waals surface area contributed by atoms with Crippen molar-refractivity contribution < 1.29 is 9.53 Å². The fourth-order valence-electron chi connectivity index (χ4n) is 4.66. The molecule has 0 spiro atoms. The zero-order valence-corrected chi connectivity index (χ0v) is 21.4. The van der Waals surface area contributed by atoms with Crippen molar-refractivity contribution in [2.75, 3.05) is 13.7 Å². The van der Waals surface area contributed by atoms with E-state index in [2.05, 4.69) is 58.6 Å². The smallest absolute Gasteiger partial charge is 0.337 e. The number of likely N-dealkylation sites (tertiary alicyclic amines) is 1. The highest BCUT2D eigenvalue weighted by Gasteiger charge is 2.31. The normalized spacial score (nSPS) is 16.3. The molecule has 0 unspecified atom stereocenters. The molecule has 0 amide bonds. The minimum Gasteiger partial charge on any atom is -0.465 e. The van der Waals surface area contributed by atoms with Crippen LogP contribution in [0.15, 0.2) is 36.4 Å². The van der Waals surface area contributed by atoms with Gasteiger partial charge in [0.05, 0.1) is 18.7 Å². The molecule has 1 aliphatic heterocycles. The van der Waals surface area contributed by atoms with Crippen molar-refractivity contribution >= 4 is 23.2 Å². The Labute approximate surface area is 199 Å². The lowest BCUT2D eigenvalue weighted by Crippen LogP contribution is -2.32. The molecule has 3 rings (SSSR count). The lowest BCUT2D eigenvalue weighted by atomic mass is 9.84. The molecule has 0 N–H and O–H groups in total. The van der Waals surface area contributed by atoms with Crippen LogP contribution in [0, 0.1) is 0 Å². The van der Waals surface area contributed by atoms with E-state index in [0.29, 0.717) is 23.3 Å². The lowest BCUT2D eigenvalue weighted by molar-refractivity contribution is 0.0600. The van der Waals surface area contributed by atoms with Gasteiger partial charge in [-0.2, -0.15) is 0 Å². The van der Waals surface area contributed by atoms with Gasteiger partial charge >= 0.3 is 5.97 Å². The molecule has 0 saturated carbocycles. The van der Waals surface area contributed by atoms with Crippen LogP contribution >= 0.6 is 12.2 Å². The van der Waals surface area contributed by atoms with Crippen LogP contribution in [0.2, 0.25) is 0 Å². The minimum atomic E-state index is -0.302. The van der Waals surface area contributed by atoms with Crippen molar-refractivity contribution in [2.45, 2.75) is 78.2 Å². The van der Waals surface area contributed by atoms with Gasteiger partial charge in [0.2, 0.25) is 0 Å². The van der Waals surface area contributed by atoms with E-state index in [1.807, 2.05) is 24.3 Å². The van der Waals surface area contributed by atoms with Crippen LogP contribution in [0.5, 0.6) is 0 Å². The number of esters is 1. The van der Waals surface area contributed by atoms with Gasteiger partial charge in [0.15, 0.2) is 0 Å². The van der Waals surface area contributed by atoms with Gasteiger partial charge < -0.3 is 9.64 Å². The third kappa shape index (κ3) is 4.91. The molecule has 1 atom stereocenters. The molecule has 2 aromatic carbocycles. The van der Waals surface area contributed by atoms with Gasteiger partial charge in [0.25, 0.3) is 0 Å². The zero-order valence-electron chi connectivity index (χ0n) is 20.6. The van der Waals surface area contributed by atoms with Crippen molar-refractivity contribution in [1.82, 2.24) is 4.90 Å². The Bertz CT molecular complexity index is 946. The quantitative estimate of drug-likeness (QED) is 0.339. The monoisotopic (exact) mass is 451 g/mol. The highest BCUT2D eigenvalue weighted by molar-refractivity contribution is 7.80. The number of carbonyl (C=O) groups excluding carboxylic acids is 1. The maximum absolute atomic E-state index is 11.8. The zero-order chi connectivity index (χ0) is 23.6. The Morgan fingerprint density at radius 1 is 0.969 bits per heavy atom. The maximum atomic E-state index is 11.8. The van der Waals surface area contributed by atoms with Gasteiger partial charge in [-0.05, 0) is 65.0 Å². The van der Waals surface area contributed by atoms with Gasteiger partial charge in [0.1, 0.15) is 4.99 Å². The van der Waals surface area contributed by atoms with E-state index < -0.39 is 0 Å². The summed E-state index contributed by atoms with van der Waals surface area (Å²) >= 11 is 6.22. The van der Waals surface area contributed by atoms with Crippen LogP contribution in [-0.4, -0.2) is 29.5 Å². The third-order valence-electron chi connectivity index (χ3n) is 6.58. The van der Waals surface area contributed by atoms with Crippen LogP contribution in [0.4, 0.5) is 0 Å². The van der Waals surface area contributed by atoms with Gasteiger partial charge in [-0.3, -0.25) is 0 Å². The maximum Gasteiger partial charge on any atom is 0.337 e. The number of rotatable bonds is 6. The van der Waals surface area contributed by atoms with E-state index in [0.717, 1.165) is 24.4 Å². The standard InChI is InChI=1S/C28H37NO2S/c1-17(2)22-15-23(18(3)4)26(24(16-22)19(5)6)27(32)29-14-8-9-25(29)20-10-12-21(13-11-20)28(30)31-7/h10-13,15-19,25H,8-9,14H2,1-7H3/t25-/m1/s1. The van der Waals surface area contributed by atoms with Crippen molar-refractivity contribution in [3.8, 4) is 0 Å². The van der Waals surface area contributed by atoms with Crippen LogP contribution in [0.25, 0.3) is 0 Å². The molecule has 1 saturated heterocycles. The largest absolute Gasteiger partial charge is 0.465 e. The second-order valence-electron chi connectivity index (χ2n) is 9.81. The first-order valence-corrected chi connectivity index (χ1v) is 12.2. The fraction of sp³-hybridized carbons (Fsp3) is 0.500. The number of carbonyl (C=O) groups is 1. The number of thiocarbonyl (C=S) groups is 1. The van der Waals surface area contributed by atoms with E-state index in [9.17, 15) is 4.79 Å². The molecule has 1 fully saturated rings. The van der Waals surface area contributed by atoms with Crippen LogP contribution in [-0.2, 0) is 4.74 Å². The highest BCUT2D eigenvalue weighted by Crippen LogP contribution is 2.38. The molecule has 3 nitrogen and oxygen atoms in total. The first kappa shape index (κ1) is 24.4. The van der Waals surface area contributed by atoms with Crippen LogP contribution < -0.4 is 0 Å². The first-order valence-electron chi connectivity index (χ1n) is 11.8. The minimum absolute atomic E-state index is 0.235. The van der Waals surface area contributed by atoms with E-state index in [1.165, 1.54) is 34.9 Å². The van der Waals surface area contributed by atoms with Crippen molar-refractivity contribution in [2.24, 2.45) is 0 Å². The summed E-state index contributed by atoms with van der Waals surface area (Å²) in [5.41, 5.74) is 7.14. The SMILES string of the molecule is COC(=O)c1ccc([C@H]2CCCN2C(=S)c2c(C(C)C)cc(C(C)C)cc2C(C)C)cc1. The van der Waals surface area contributed by atoms with Crippen LogP contribution in [0.1, 0.15) is 116 Å². The first-order chi connectivity index (χ1) is 15.1. The summed E-state index contributed by atoms with van der Waals surface area (Å²) in [7, 11) is 1.41. The molecule has 2 aromatic rings. The Kier molecular flexibility index (Phi) is 7.76. The molecule has 32 heavy (non-hydrogen) atoms. The van der Waals surface area contributed by atoms with Gasteiger partial charge in [0, 0.05) is 12.1 Å². The summed E-state index contributed by atoms with van der Waals surface area (Å²) in [5.74, 6) is 0.989. The Morgan fingerprint density at radius 2 is 1.53 bits per heavy atom. The van der Waals surface area contributed by atoms with Crippen LogP contribution in [0.3, 0.4) is 0 Å². The third-order valence-corrected chi connectivity index (χ3v) is 7.02. The number of methoxy groups -OCH3 is 1. The molecule has 0 radical (unpaired) electrons. The molecular weight excluding hydrogens is 414 g/mol. The predicted molar refractivity (Wildman–Crippen MR) is 137 cm³/mol. The lowest BCUT2D eigenvalue weighted by Gasteiger charge is -2.32. The molecule has 1 aliphatic rings. The van der Waals surface area contributed by atoms with E-state index in [4.69, 9.17) is 17.0 Å². The summed E-state index contributed by atoms with van der Waals surface area (Å²) in [6.45, 7) is 14.5. The van der Waals surface area contributed by atoms with E-state index in [1.54, 1.807) is 0 Å². The Balaban J connectivity index is 2.03. The summed E-state index contributed by atoms with van der Waals surface area (Å²) < 4.78 is 4.85. The van der Waals surface area contributed by atoms with Crippen molar-refractivity contribution in [1.29, 1.82) is 0 Å². The molecule has 0 aromatic heterocycles. The molecular formula is C28H37NO2S. The Morgan fingerprint density at radius 3 is 2.00 bits per heavy atom. The summed E-state index contributed by atoms with van der Waals surface area (Å²) in [5, 5.41) is 0. The number of hydrogen-bond acceptors (Lipinski definition) is 3. The Hall–Kier alpha value is -2.20. The summed E-state index contributed by atoms with van der Waals surface area (Å²) in [4.78, 5) is 15.2. The molecule has 4 heteroatoms. The molecule has 172 valence electrons. The molecule has 1 heterocycles. The summed E-state index contributed by atoms with van der Waals surface area (Å²) in [6, 6.07) is 12.8. The number of hydrogen-bond donors (Lipinski definition) is 0. The van der Waals surface area contributed by atoms with Crippen molar-refractivity contribution in [3.05, 3.63) is 69.8 Å². The average Bonchev–Trinajstić information content (AvgIpc) is 3.27. The fourth-order valence-corrected chi connectivity index (χ4v) is 5.12. The second kappa shape index (κ2) is 10.2. The predicted octanol–water partition coefficient (Wildman–Crippen LogP) is 7.36. The second-order valence-corrected chi connectivity index (χ2v) is 10.2. The van der Waals surface area contributed by atoms with Crippen molar-refractivity contribution in [3.63, 3.8) is 0 Å². The molecule has 0 aliphatic carbocycles. The van der Waals surface area contributed by atoms with E-state index >= 15 is 0 Å².